The third-order valence-corrected chi connectivity index (χ3v) is 6.25. The summed E-state index contributed by atoms with van der Waals surface area (Å²) >= 11 is 0. The lowest BCUT2D eigenvalue weighted by Crippen LogP contribution is -2.39. The predicted octanol–water partition coefficient (Wildman–Crippen LogP) is 1.41. The van der Waals surface area contributed by atoms with Crippen LogP contribution in [0.5, 0.6) is 0 Å². The van der Waals surface area contributed by atoms with Gasteiger partial charge in [-0.2, -0.15) is 0 Å². The molecule has 4 atom stereocenters. The van der Waals surface area contributed by atoms with Crippen molar-refractivity contribution in [1.29, 1.82) is 0 Å². The number of epoxide rings is 1. The molecule has 104 valence electrons. The van der Waals surface area contributed by atoms with Crippen LogP contribution in [-0.4, -0.2) is 40.2 Å². The van der Waals surface area contributed by atoms with Gasteiger partial charge in [-0.25, -0.2) is 0 Å². The fourth-order valence-electron chi connectivity index (χ4n) is 2.96. The van der Waals surface area contributed by atoms with E-state index in [1.165, 1.54) is 38.7 Å². The Labute approximate surface area is 111 Å². The first-order valence-electron chi connectivity index (χ1n) is 6.92. The highest BCUT2D eigenvalue weighted by Crippen LogP contribution is 2.41. The summed E-state index contributed by atoms with van der Waals surface area (Å²) in [5.41, 5.74) is -0.626. The molecule has 18 heavy (non-hydrogen) atoms. The van der Waals surface area contributed by atoms with Crippen LogP contribution in [0.4, 0.5) is 0 Å². The number of fused-ring (bicyclic) bond motifs is 1. The highest BCUT2D eigenvalue weighted by Gasteiger charge is 2.43. The van der Waals surface area contributed by atoms with E-state index in [1.54, 1.807) is 7.11 Å². The van der Waals surface area contributed by atoms with Crippen molar-refractivity contribution in [3.63, 3.8) is 0 Å². The quantitative estimate of drug-likeness (QED) is 0.317. The highest BCUT2D eigenvalue weighted by atomic mass is 28.2. The molecule has 1 saturated carbocycles. The number of carbonyl (C=O) groups is 1. The van der Waals surface area contributed by atoms with E-state index in [2.05, 4.69) is 0 Å². The van der Waals surface area contributed by atoms with E-state index in [0.29, 0.717) is 12.2 Å². The second-order valence-corrected chi connectivity index (χ2v) is 8.21. The number of methoxy groups -OCH3 is 1. The van der Waals surface area contributed by atoms with E-state index in [1.807, 2.05) is 6.92 Å². The first kappa shape index (κ1) is 14.0. The van der Waals surface area contributed by atoms with Crippen molar-refractivity contribution in [2.75, 3.05) is 7.11 Å². The maximum atomic E-state index is 11.0. The van der Waals surface area contributed by atoms with Crippen LogP contribution in [0.3, 0.4) is 0 Å². The average molecular weight is 272 g/mol. The van der Waals surface area contributed by atoms with Crippen LogP contribution < -0.4 is 0 Å². The Morgan fingerprint density at radius 1 is 1.44 bits per heavy atom. The molecule has 0 spiro atoms. The molecule has 0 aromatic carbocycles. The van der Waals surface area contributed by atoms with Crippen molar-refractivity contribution >= 4 is 15.5 Å². The molecule has 1 aliphatic carbocycles. The van der Waals surface area contributed by atoms with Gasteiger partial charge in [-0.05, 0) is 32.1 Å². The van der Waals surface area contributed by atoms with Crippen LogP contribution >= 0.6 is 0 Å². The van der Waals surface area contributed by atoms with Gasteiger partial charge in [-0.1, -0.05) is 12.5 Å². The van der Waals surface area contributed by atoms with Crippen LogP contribution in [0.15, 0.2) is 0 Å². The normalized spacial score (nSPS) is 34.1. The van der Waals surface area contributed by atoms with Gasteiger partial charge in [-0.15, -0.1) is 0 Å². The van der Waals surface area contributed by atoms with Gasteiger partial charge in [0, 0.05) is 14.0 Å². The largest absolute Gasteiger partial charge is 0.439 e. The summed E-state index contributed by atoms with van der Waals surface area (Å²) < 4.78 is 16.2. The van der Waals surface area contributed by atoms with Gasteiger partial charge in [0.2, 0.25) is 0 Å². The molecule has 4 nitrogen and oxygen atoms in total. The van der Waals surface area contributed by atoms with Gasteiger partial charge < -0.3 is 14.2 Å². The second kappa shape index (κ2) is 5.71. The molecular weight excluding hydrogens is 248 g/mol. The third kappa shape index (κ3) is 3.80. The van der Waals surface area contributed by atoms with Crippen LogP contribution in [0.25, 0.3) is 0 Å². The Morgan fingerprint density at radius 2 is 2.22 bits per heavy atom. The first-order chi connectivity index (χ1) is 8.52. The molecule has 5 heteroatoms. The highest BCUT2D eigenvalue weighted by molar-refractivity contribution is 6.39. The lowest BCUT2D eigenvalue weighted by atomic mass is 9.88. The second-order valence-electron chi connectivity index (χ2n) is 5.72. The topological polar surface area (TPSA) is 48.1 Å². The Morgan fingerprint density at radius 3 is 2.83 bits per heavy atom. The van der Waals surface area contributed by atoms with E-state index in [0.717, 1.165) is 5.92 Å². The van der Waals surface area contributed by atoms with Crippen molar-refractivity contribution in [2.45, 2.75) is 63.2 Å². The molecule has 0 aromatic heterocycles. The first-order valence-corrected chi connectivity index (χ1v) is 8.63. The average Bonchev–Trinajstić information content (AvgIpc) is 3.06. The zero-order valence-electron chi connectivity index (χ0n) is 11.6. The molecule has 1 heterocycles. The summed E-state index contributed by atoms with van der Waals surface area (Å²) in [5, 5.41) is 0. The number of esters is 1. The molecule has 4 unspecified atom stereocenters. The van der Waals surface area contributed by atoms with Crippen molar-refractivity contribution in [2.24, 2.45) is 5.92 Å². The van der Waals surface area contributed by atoms with Crippen molar-refractivity contribution < 1.29 is 19.0 Å². The van der Waals surface area contributed by atoms with Crippen molar-refractivity contribution in [3.05, 3.63) is 0 Å². The number of ether oxygens (including phenoxy) is 3. The summed E-state index contributed by atoms with van der Waals surface area (Å²) in [6.45, 7) is 3.33. The van der Waals surface area contributed by atoms with Gasteiger partial charge in [0.25, 0.3) is 0 Å². The summed E-state index contributed by atoms with van der Waals surface area (Å²) in [7, 11) is 1.06. The zero-order chi connectivity index (χ0) is 13.2. The van der Waals surface area contributed by atoms with Gasteiger partial charge in [0.1, 0.15) is 9.52 Å². The van der Waals surface area contributed by atoms with E-state index in [4.69, 9.17) is 14.2 Å². The van der Waals surface area contributed by atoms with Gasteiger partial charge >= 0.3 is 5.97 Å². The van der Waals surface area contributed by atoms with E-state index in [9.17, 15) is 4.79 Å². The molecule has 0 aromatic rings. The molecule has 2 rings (SSSR count). The summed E-state index contributed by atoms with van der Waals surface area (Å²) in [4.78, 5) is 11.0. The standard InChI is InChI=1S/C13H24O4Si/c1-9(14)17-13(2,15-3)18-7-6-10-4-5-11-12(8-10)16-11/h10-12H,4-8,18H2,1-3H3. The van der Waals surface area contributed by atoms with Crippen molar-refractivity contribution in [3.8, 4) is 0 Å². The van der Waals surface area contributed by atoms with Gasteiger partial charge in [-0.3, -0.25) is 4.79 Å². The minimum absolute atomic E-state index is 0.251. The van der Waals surface area contributed by atoms with Crippen LogP contribution in [-0.2, 0) is 19.0 Å². The zero-order valence-corrected chi connectivity index (χ0v) is 13.0. The van der Waals surface area contributed by atoms with Crippen LogP contribution in [0.1, 0.15) is 39.5 Å². The van der Waals surface area contributed by atoms with E-state index < -0.39 is 14.9 Å². The number of hydrogen-bond donors (Lipinski definition) is 0. The van der Waals surface area contributed by atoms with Crippen molar-refractivity contribution in [1.82, 2.24) is 0 Å². The SMILES string of the molecule is COC(C)(OC(C)=O)[SiH2]CCC1CCC2OC2C1. The Bertz CT molecular complexity index is 309. The monoisotopic (exact) mass is 272 g/mol. The van der Waals surface area contributed by atoms with Crippen LogP contribution in [0, 0.1) is 5.92 Å². The molecule has 1 aliphatic heterocycles. The van der Waals surface area contributed by atoms with Gasteiger partial charge in [0.05, 0.1) is 12.2 Å². The maximum Gasteiger partial charge on any atom is 0.304 e. The Balaban J connectivity index is 1.67. The molecule has 2 fully saturated rings. The summed E-state index contributed by atoms with van der Waals surface area (Å²) in [5.74, 6) is 0.554. The van der Waals surface area contributed by atoms with E-state index in [-0.39, 0.29) is 5.97 Å². The molecular formula is C13H24O4Si. The van der Waals surface area contributed by atoms with Gasteiger partial charge in [0.15, 0.2) is 5.41 Å². The maximum absolute atomic E-state index is 11.0. The van der Waals surface area contributed by atoms with E-state index >= 15 is 0 Å². The lowest BCUT2D eigenvalue weighted by molar-refractivity contribution is -0.180. The minimum Gasteiger partial charge on any atom is -0.439 e. The molecule has 2 aliphatic rings. The Kier molecular flexibility index (Phi) is 4.45. The third-order valence-electron chi connectivity index (χ3n) is 4.15. The van der Waals surface area contributed by atoms with Crippen LogP contribution in [0.2, 0.25) is 6.04 Å². The molecule has 0 radical (unpaired) electrons. The number of carbonyl (C=O) groups excluding carboxylic acids is 1. The molecule has 0 N–H and O–H groups in total. The molecule has 0 bridgehead atoms. The predicted molar refractivity (Wildman–Crippen MR) is 71.2 cm³/mol. The number of rotatable bonds is 6. The summed E-state index contributed by atoms with van der Waals surface area (Å²) in [6.07, 6.45) is 6.15. The smallest absolute Gasteiger partial charge is 0.304 e. The number of hydrogen-bond acceptors (Lipinski definition) is 4. The lowest BCUT2D eigenvalue weighted by Gasteiger charge is -2.28. The Hall–Kier alpha value is -0.393. The summed E-state index contributed by atoms with van der Waals surface area (Å²) in [6, 6.07) is 1.17. The minimum atomic E-state index is -0.626. The molecule has 0 amide bonds. The fraction of sp³-hybridized carbons (Fsp3) is 0.923. The molecule has 1 saturated heterocycles. The fourth-order valence-corrected chi connectivity index (χ4v) is 4.89.